The van der Waals surface area contributed by atoms with Crippen molar-refractivity contribution < 1.29 is 33.8 Å². The molecule has 3 atom stereocenters. The first-order valence-electron chi connectivity index (χ1n) is 15.7. The summed E-state index contributed by atoms with van der Waals surface area (Å²) in [6, 6.07) is 15.1. The average Bonchev–Trinajstić information content (AvgIpc) is 3.06. The number of carbonyl (C=O) groups excluding carboxylic acids is 4. The Hall–Kier alpha value is -3.96. The summed E-state index contributed by atoms with van der Waals surface area (Å²) in [5.74, 6) is -0.713. The van der Waals surface area contributed by atoms with Gasteiger partial charge >= 0.3 is 5.97 Å². The molecule has 1 heterocycles. The van der Waals surface area contributed by atoms with Crippen LogP contribution in [0.15, 0.2) is 54.6 Å². The Morgan fingerprint density at radius 3 is 2.36 bits per heavy atom. The summed E-state index contributed by atoms with van der Waals surface area (Å²) in [6.45, 7) is 1.41. The number of benzene rings is 2. The third-order valence-electron chi connectivity index (χ3n) is 8.04. The van der Waals surface area contributed by atoms with Crippen LogP contribution >= 0.6 is 0 Å². The number of amides is 3. The van der Waals surface area contributed by atoms with Crippen molar-refractivity contribution in [1.29, 1.82) is 0 Å². The van der Waals surface area contributed by atoms with Gasteiger partial charge in [0.05, 0.1) is 20.3 Å². The first-order valence-corrected chi connectivity index (χ1v) is 15.7. The number of hydrogen-bond acceptors (Lipinski definition) is 8. The Kier molecular flexibility index (Phi) is 14.8. The molecular formula is C34H48N4O7. The normalized spacial score (nSPS) is 15.0. The number of aliphatic hydroxyl groups is 1. The minimum Gasteiger partial charge on any atom is -0.497 e. The number of esters is 1. The van der Waals surface area contributed by atoms with Gasteiger partial charge in [0, 0.05) is 51.5 Å². The maximum Gasteiger partial charge on any atom is 0.305 e. The molecule has 1 fully saturated rings. The Labute approximate surface area is 266 Å². The molecule has 0 bridgehead atoms. The lowest BCUT2D eigenvalue weighted by Crippen LogP contribution is -2.53. The van der Waals surface area contributed by atoms with Crippen molar-refractivity contribution in [2.75, 3.05) is 33.9 Å². The van der Waals surface area contributed by atoms with Gasteiger partial charge in [0.15, 0.2) is 0 Å². The van der Waals surface area contributed by atoms with Gasteiger partial charge in [0.1, 0.15) is 11.8 Å². The number of hydrogen-bond donors (Lipinski definition) is 3. The van der Waals surface area contributed by atoms with Gasteiger partial charge in [-0.05, 0) is 61.8 Å². The number of piperidine rings is 1. The Bertz CT molecular complexity index is 1240. The van der Waals surface area contributed by atoms with Gasteiger partial charge in [0.25, 0.3) is 0 Å². The quantitative estimate of drug-likeness (QED) is 0.227. The Balaban J connectivity index is 1.80. The van der Waals surface area contributed by atoms with Crippen LogP contribution in [-0.2, 0) is 36.9 Å². The summed E-state index contributed by atoms with van der Waals surface area (Å²) < 4.78 is 10.0. The predicted molar refractivity (Wildman–Crippen MR) is 170 cm³/mol. The molecule has 246 valence electrons. The summed E-state index contributed by atoms with van der Waals surface area (Å²) in [5, 5.41) is 14.0. The van der Waals surface area contributed by atoms with E-state index >= 15 is 0 Å². The molecule has 0 unspecified atom stereocenters. The lowest BCUT2D eigenvalue weighted by Gasteiger charge is -2.32. The average molecular weight is 625 g/mol. The minimum atomic E-state index is -1.06. The second kappa shape index (κ2) is 18.8. The Morgan fingerprint density at radius 1 is 0.956 bits per heavy atom. The van der Waals surface area contributed by atoms with E-state index in [1.54, 1.807) is 19.2 Å². The van der Waals surface area contributed by atoms with Crippen LogP contribution in [0.5, 0.6) is 5.75 Å². The first kappa shape index (κ1) is 35.5. The van der Waals surface area contributed by atoms with Crippen LogP contribution in [0.1, 0.15) is 62.5 Å². The molecule has 3 amide bonds. The molecule has 0 aromatic heterocycles. The van der Waals surface area contributed by atoms with Crippen molar-refractivity contribution >= 4 is 23.7 Å². The van der Waals surface area contributed by atoms with Crippen molar-refractivity contribution in [1.82, 2.24) is 15.1 Å². The summed E-state index contributed by atoms with van der Waals surface area (Å²) in [6.07, 6.45) is 2.84. The monoisotopic (exact) mass is 624 g/mol. The highest BCUT2D eigenvalue weighted by molar-refractivity contribution is 5.88. The zero-order valence-corrected chi connectivity index (χ0v) is 26.5. The lowest BCUT2D eigenvalue weighted by atomic mass is 10.0. The van der Waals surface area contributed by atoms with E-state index in [4.69, 9.17) is 10.5 Å². The lowest BCUT2D eigenvalue weighted by molar-refractivity contribution is -0.141. The Morgan fingerprint density at radius 2 is 1.67 bits per heavy atom. The van der Waals surface area contributed by atoms with Crippen molar-refractivity contribution in [3.8, 4) is 5.75 Å². The van der Waals surface area contributed by atoms with Crippen LogP contribution in [0, 0.1) is 0 Å². The minimum absolute atomic E-state index is 0.0133. The molecule has 2 aromatic rings. The van der Waals surface area contributed by atoms with Gasteiger partial charge in [-0.1, -0.05) is 42.5 Å². The fraction of sp³-hybridized carbons (Fsp3) is 0.529. The number of nitrogens with one attached hydrogen (secondary N) is 1. The highest BCUT2D eigenvalue weighted by Gasteiger charge is 2.30. The highest BCUT2D eigenvalue weighted by atomic mass is 16.5. The van der Waals surface area contributed by atoms with Crippen LogP contribution < -0.4 is 15.8 Å². The van der Waals surface area contributed by atoms with E-state index in [9.17, 15) is 24.3 Å². The predicted octanol–water partition coefficient (Wildman–Crippen LogP) is 2.58. The van der Waals surface area contributed by atoms with Gasteiger partial charge in [-0.3, -0.25) is 19.2 Å². The SMILES string of the molecule is COC(=O)CCCC(=O)N[C@H](CCC(=O)N1CCCCC1)C(=O)N(Cc1cccc(OC)c1)C[C@@H](O)[C@@H](N)Cc1ccccc1. The van der Waals surface area contributed by atoms with Crippen LogP contribution in [0.3, 0.4) is 0 Å². The summed E-state index contributed by atoms with van der Waals surface area (Å²) >= 11 is 0. The number of carbonyl (C=O) groups is 4. The van der Waals surface area contributed by atoms with E-state index in [0.717, 1.165) is 30.4 Å². The van der Waals surface area contributed by atoms with Crippen molar-refractivity contribution in [2.45, 2.75) is 82.5 Å². The number of nitrogens with zero attached hydrogens (tertiary/aromatic N) is 2. The number of nitrogens with two attached hydrogens (primary N) is 1. The van der Waals surface area contributed by atoms with Crippen LogP contribution in [-0.4, -0.2) is 90.6 Å². The van der Waals surface area contributed by atoms with Crippen molar-refractivity contribution in [2.24, 2.45) is 5.73 Å². The molecule has 11 heteroatoms. The highest BCUT2D eigenvalue weighted by Crippen LogP contribution is 2.18. The smallest absolute Gasteiger partial charge is 0.305 e. The number of methoxy groups -OCH3 is 2. The van der Waals surface area contributed by atoms with Gasteiger partial charge < -0.3 is 35.4 Å². The van der Waals surface area contributed by atoms with Crippen LogP contribution in [0.25, 0.3) is 0 Å². The standard InChI is InChI=1S/C34H48N4O7/c1-44-27-14-9-13-26(21-27)23-38(24-30(39)28(35)22-25-11-5-3-6-12-25)34(43)29(36-31(40)15-10-16-33(42)45-2)17-18-32(41)37-19-7-4-8-20-37/h3,5-6,9,11-14,21,28-30,39H,4,7-8,10,15-20,22-24,35H2,1-2H3,(H,36,40)/t28-,29+,30+/m0/s1. The summed E-state index contributed by atoms with van der Waals surface area (Å²) in [5.41, 5.74) is 8.12. The molecule has 4 N–H and O–H groups in total. The molecule has 45 heavy (non-hydrogen) atoms. The van der Waals surface area contributed by atoms with Crippen molar-refractivity contribution in [3.63, 3.8) is 0 Å². The maximum atomic E-state index is 14.2. The topological polar surface area (TPSA) is 152 Å². The molecule has 1 saturated heterocycles. The molecule has 2 aromatic carbocycles. The molecule has 11 nitrogen and oxygen atoms in total. The second-order valence-corrected chi connectivity index (χ2v) is 11.5. The summed E-state index contributed by atoms with van der Waals surface area (Å²) in [4.78, 5) is 55.0. The number of ether oxygens (including phenoxy) is 2. The fourth-order valence-electron chi connectivity index (χ4n) is 5.42. The van der Waals surface area contributed by atoms with Crippen LogP contribution in [0.2, 0.25) is 0 Å². The van der Waals surface area contributed by atoms with E-state index in [2.05, 4.69) is 10.1 Å². The van der Waals surface area contributed by atoms with Crippen molar-refractivity contribution in [3.05, 3.63) is 65.7 Å². The third-order valence-corrected chi connectivity index (χ3v) is 8.04. The second-order valence-electron chi connectivity index (χ2n) is 11.5. The third kappa shape index (κ3) is 12.2. The number of aliphatic hydroxyl groups excluding tert-OH is 1. The van der Waals surface area contributed by atoms with E-state index < -0.39 is 36.0 Å². The van der Waals surface area contributed by atoms with Crippen LogP contribution in [0.4, 0.5) is 0 Å². The van der Waals surface area contributed by atoms with Gasteiger partial charge in [-0.2, -0.15) is 0 Å². The molecule has 0 spiro atoms. The molecule has 1 aliphatic heterocycles. The maximum absolute atomic E-state index is 14.2. The molecule has 1 aliphatic rings. The summed E-state index contributed by atoms with van der Waals surface area (Å²) in [7, 11) is 2.84. The fourth-order valence-corrected chi connectivity index (χ4v) is 5.42. The molecule has 0 saturated carbocycles. The number of likely N-dealkylation sites (tertiary alicyclic amines) is 1. The zero-order valence-electron chi connectivity index (χ0n) is 26.5. The molecule has 0 aliphatic carbocycles. The van der Waals surface area contributed by atoms with Gasteiger partial charge in [-0.25, -0.2) is 0 Å². The van der Waals surface area contributed by atoms with Gasteiger partial charge in [0.2, 0.25) is 17.7 Å². The van der Waals surface area contributed by atoms with Gasteiger partial charge in [-0.15, -0.1) is 0 Å². The van der Waals surface area contributed by atoms with E-state index in [-0.39, 0.29) is 51.1 Å². The largest absolute Gasteiger partial charge is 0.497 e. The molecule has 3 rings (SSSR count). The molecule has 0 radical (unpaired) electrons. The first-order chi connectivity index (χ1) is 21.7. The number of rotatable bonds is 17. The zero-order chi connectivity index (χ0) is 32.6. The molecular weight excluding hydrogens is 576 g/mol. The van der Waals surface area contributed by atoms with E-state index in [1.807, 2.05) is 47.4 Å². The van der Waals surface area contributed by atoms with E-state index in [1.165, 1.54) is 12.0 Å². The van der Waals surface area contributed by atoms with E-state index in [0.29, 0.717) is 25.3 Å².